The van der Waals surface area contributed by atoms with E-state index < -0.39 is 9.84 Å². The molecule has 0 bridgehead atoms. The molecule has 0 aliphatic heterocycles. The lowest BCUT2D eigenvalue weighted by molar-refractivity contribution is 0.317. The summed E-state index contributed by atoms with van der Waals surface area (Å²) in [5.41, 5.74) is 2.04. The van der Waals surface area contributed by atoms with Crippen molar-refractivity contribution in [1.29, 1.82) is 0 Å². The predicted octanol–water partition coefficient (Wildman–Crippen LogP) is 3.33. The predicted molar refractivity (Wildman–Crippen MR) is 111 cm³/mol. The van der Waals surface area contributed by atoms with E-state index in [2.05, 4.69) is 28.8 Å². The number of rotatable bonds is 11. The fourth-order valence-corrected chi connectivity index (χ4v) is 5.43. The van der Waals surface area contributed by atoms with Crippen LogP contribution in [-0.2, 0) is 29.3 Å². The molecule has 6 nitrogen and oxygen atoms in total. The smallest absolute Gasteiger partial charge is 0.227 e. The minimum absolute atomic E-state index is 0.241. The van der Waals surface area contributed by atoms with Gasteiger partial charge in [0.25, 0.3) is 0 Å². The van der Waals surface area contributed by atoms with Crippen LogP contribution in [0.3, 0.4) is 0 Å². The van der Waals surface area contributed by atoms with Crippen LogP contribution >= 0.6 is 0 Å². The summed E-state index contributed by atoms with van der Waals surface area (Å²) in [6.07, 6.45) is 9.61. The molecule has 1 aliphatic carbocycles. The Balaban J connectivity index is 1.69. The van der Waals surface area contributed by atoms with Crippen LogP contribution in [-0.4, -0.2) is 47.2 Å². The number of pyridine rings is 1. The Labute approximate surface area is 168 Å². The largest absolute Gasteiger partial charge is 0.318 e. The zero-order valence-corrected chi connectivity index (χ0v) is 17.9. The summed E-state index contributed by atoms with van der Waals surface area (Å²) >= 11 is 0. The molecule has 0 aromatic carbocycles. The second kappa shape index (κ2) is 9.65. The van der Waals surface area contributed by atoms with Crippen molar-refractivity contribution in [2.75, 3.05) is 19.3 Å². The molecule has 0 spiro atoms. The molecule has 0 atom stereocenters. The first-order chi connectivity index (χ1) is 13.5. The lowest BCUT2D eigenvalue weighted by atomic mass is 9.87. The molecule has 0 N–H and O–H groups in total. The molecule has 0 radical (unpaired) electrons. The highest BCUT2D eigenvalue weighted by atomic mass is 32.2. The molecule has 1 saturated carbocycles. The molecular weight excluding hydrogens is 372 g/mol. The summed E-state index contributed by atoms with van der Waals surface area (Å²) in [6.45, 7) is 4.37. The summed E-state index contributed by atoms with van der Waals surface area (Å²) in [6, 6.07) is 5.96. The van der Waals surface area contributed by atoms with Crippen LogP contribution in [0.1, 0.15) is 50.4 Å². The van der Waals surface area contributed by atoms with Crippen LogP contribution in [0.2, 0.25) is 0 Å². The summed E-state index contributed by atoms with van der Waals surface area (Å²) in [7, 11) is -1.27. The molecule has 0 amide bonds. The van der Waals surface area contributed by atoms with Gasteiger partial charge in [-0.15, -0.1) is 0 Å². The molecule has 2 heterocycles. The third-order valence-electron chi connectivity index (χ3n) is 5.50. The van der Waals surface area contributed by atoms with Gasteiger partial charge in [0.2, 0.25) is 15.0 Å². The lowest BCUT2D eigenvalue weighted by Crippen LogP contribution is -2.26. The van der Waals surface area contributed by atoms with Gasteiger partial charge < -0.3 is 9.47 Å². The summed E-state index contributed by atoms with van der Waals surface area (Å²) in [5.74, 6) is 0.552. The first kappa shape index (κ1) is 21.0. The first-order valence-corrected chi connectivity index (χ1v) is 12.0. The second-order valence-electron chi connectivity index (χ2n) is 7.92. The van der Waals surface area contributed by atoms with Gasteiger partial charge in [0, 0.05) is 37.9 Å². The van der Waals surface area contributed by atoms with E-state index >= 15 is 0 Å². The van der Waals surface area contributed by atoms with E-state index in [9.17, 15) is 8.42 Å². The summed E-state index contributed by atoms with van der Waals surface area (Å²) in [5, 5.41) is 0.265. The van der Waals surface area contributed by atoms with Gasteiger partial charge in [0.05, 0.1) is 17.6 Å². The molecule has 2 aromatic heterocycles. The number of likely N-dealkylation sites (N-methyl/N-ethyl adjacent to an activating group) is 1. The van der Waals surface area contributed by atoms with Gasteiger partial charge in [0.15, 0.2) is 0 Å². The number of hydrogen-bond donors (Lipinski definition) is 0. The lowest BCUT2D eigenvalue weighted by Gasteiger charge is -2.25. The average Bonchev–Trinajstić information content (AvgIpc) is 3.05. The number of unbranched alkanes of at least 4 members (excludes halogenated alkanes) is 1. The Morgan fingerprint density at radius 1 is 1.25 bits per heavy atom. The highest BCUT2D eigenvalue weighted by molar-refractivity contribution is 7.91. The van der Waals surface area contributed by atoms with Crippen molar-refractivity contribution in [1.82, 2.24) is 19.4 Å². The van der Waals surface area contributed by atoms with Gasteiger partial charge in [-0.1, -0.05) is 25.8 Å². The van der Waals surface area contributed by atoms with Gasteiger partial charge in [-0.25, -0.2) is 13.4 Å². The molecule has 0 saturated heterocycles. The summed E-state index contributed by atoms with van der Waals surface area (Å²) in [4.78, 5) is 10.9. The van der Waals surface area contributed by atoms with E-state index in [1.807, 2.05) is 29.0 Å². The van der Waals surface area contributed by atoms with E-state index in [1.165, 1.54) is 0 Å². The highest BCUT2D eigenvalue weighted by Crippen LogP contribution is 2.29. The monoisotopic (exact) mass is 404 g/mol. The van der Waals surface area contributed by atoms with Crippen LogP contribution in [0.5, 0.6) is 0 Å². The number of nitrogens with zero attached hydrogens (tertiary/aromatic N) is 4. The summed E-state index contributed by atoms with van der Waals surface area (Å²) < 4.78 is 27.8. The standard InChI is InChI=1S/C21H32N4O2S/c1-3-4-13-25-20(16-24(2)14-11-19-10-5-6-12-22-19)15-23-21(25)28(26,27)17-18-8-7-9-18/h5-6,10,12,15,18H,3-4,7-9,11,13-14,16-17H2,1-2H3. The van der Waals surface area contributed by atoms with Crippen molar-refractivity contribution in [3.05, 3.63) is 42.0 Å². The van der Waals surface area contributed by atoms with E-state index in [0.29, 0.717) is 19.0 Å². The van der Waals surface area contributed by atoms with E-state index in [-0.39, 0.29) is 10.9 Å². The maximum Gasteiger partial charge on any atom is 0.227 e. The quantitative estimate of drug-likeness (QED) is 0.575. The number of imidazole rings is 1. The molecule has 1 aliphatic rings. The number of hydrogen-bond acceptors (Lipinski definition) is 5. The molecule has 0 unspecified atom stereocenters. The first-order valence-electron chi connectivity index (χ1n) is 10.3. The van der Waals surface area contributed by atoms with Crippen LogP contribution in [0.15, 0.2) is 35.7 Å². The molecule has 1 fully saturated rings. The molecular formula is C21H32N4O2S. The third-order valence-corrected chi connectivity index (χ3v) is 7.30. The third kappa shape index (κ3) is 5.41. The zero-order chi connectivity index (χ0) is 20.0. The van der Waals surface area contributed by atoms with Crippen molar-refractivity contribution >= 4 is 9.84 Å². The fraction of sp³-hybridized carbons (Fsp3) is 0.619. The van der Waals surface area contributed by atoms with Crippen LogP contribution < -0.4 is 0 Å². The molecule has 2 aromatic rings. The van der Waals surface area contributed by atoms with E-state index in [0.717, 1.165) is 56.5 Å². The SMILES string of the molecule is CCCCn1c(CN(C)CCc2ccccn2)cnc1S(=O)(=O)CC1CCC1. The maximum absolute atomic E-state index is 12.9. The van der Waals surface area contributed by atoms with Gasteiger partial charge in [0.1, 0.15) is 0 Å². The van der Waals surface area contributed by atoms with Gasteiger partial charge in [-0.05, 0) is 44.4 Å². The van der Waals surface area contributed by atoms with Gasteiger partial charge >= 0.3 is 0 Å². The van der Waals surface area contributed by atoms with E-state index in [1.54, 1.807) is 6.20 Å². The minimum atomic E-state index is -3.33. The zero-order valence-electron chi connectivity index (χ0n) is 17.0. The Kier molecular flexibility index (Phi) is 7.24. The average molecular weight is 405 g/mol. The number of aromatic nitrogens is 3. The van der Waals surface area contributed by atoms with Crippen molar-refractivity contribution in [2.45, 2.75) is 63.7 Å². The normalized spacial score (nSPS) is 15.1. The van der Waals surface area contributed by atoms with Crippen LogP contribution in [0.25, 0.3) is 0 Å². The van der Waals surface area contributed by atoms with Crippen LogP contribution in [0, 0.1) is 5.92 Å². The Bertz CT molecular complexity index is 845. The Morgan fingerprint density at radius 2 is 2.07 bits per heavy atom. The van der Waals surface area contributed by atoms with Crippen molar-refractivity contribution in [3.63, 3.8) is 0 Å². The Morgan fingerprint density at radius 3 is 2.71 bits per heavy atom. The molecule has 7 heteroatoms. The highest BCUT2D eigenvalue weighted by Gasteiger charge is 2.30. The molecule has 28 heavy (non-hydrogen) atoms. The van der Waals surface area contributed by atoms with Crippen LogP contribution in [0.4, 0.5) is 0 Å². The molecule has 154 valence electrons. The van der Waals surface area contributed by atoms with Gasteiger partial charge in [-0.2, -0.15) is 0 Å². The fourth-order valence-electron chi connectivity index (χ4n) is 3.57. The van der Waals surface area contributed by atoms with Crippen molar-refractivity contribution < 1.29 is 8.42 Å². The Hall–Kier alpha value is -1.73. The van der Waals surface area contributed by atoms with Gasteiger partial charge in [-0.3, -0.25) is 4.98 Å². The number of sulfone groups is 1. The molecule has 3 rings (SSSR count). The van der Waals surface area contributed by atoms with Crippen molar-refractivity contribution in [2.24, 2.45) is 5.92 Å². The second-order valence-corrected chi connectivity index (χ2v) is 9.85. The van der Waals surface area contributed by atoms with E-state index in [4.69, 9.17) is 0 Å². The minimum Gasteiger partial charge on any atom is -0.318 e. The van der Waals surface area contributed by atoms with Crippen molar-refractivity contribution in [3.8, 4) is 0 Å². The topological polar surface area (TPSA) is 68.1 Å². The maximum atomic E-state index is 12.9.